The highest BCUT2D eigenvalue weighted by Gasteiger charge is 2.17. The van der Waals surface area contributed by atoms with Gasteiger partial charge in [-0.15, -0.1) is 0 Å². The van der Waals surface area contributed by atoms with Gasteiger partial charge in [0.05, 0.1) is 5.56 Å². The molecule has 0 aliphatic carbocycles. The normalized spacial score (nSPS) is 10.5. The Hall–Kier alpha value is -3.98. The highest BCUT2D eigenvalue weighted by molar-refractivity contribution is 6.12. The monoisotopic (exact) mass is 378 g/mol. The van der Waals surface area contributed by atoms with Crippen LogP contribution in [-0.2, 0) is 0 Å². The number of phenolic OH excluding ortho intramolecular Hbond substituents is 1. The van der Waals surface area contributed by atoms with E-state index < -0.39 is 0 Å². The molecular formula is C26H18O3. The second kappa shape index (κ2) is 7.95. The van der Waals surface area contributed by atoms with Crippen LogP contribution in [0.5, 0.6) is 5.75 Å². The quantitative estimate of drug-likeness (QED) is 0.465. The third-order valence-electron chi connectivity index (χ3n) is 4.81. The van der Waals surface area contributed by atoms with Gasteiger partial charge < -0.3 is 5.11 Å². The first kappa shape index (κ1) is 18.4. The lowest BCUT2D eigenvalue weighted by Gasteiger charge is -2.10. The largest absolute Gasteiger partial charge is 0.507 e. The first-order valence-corrected chi connectivity index (χ1v) is 9.27. The molecule has 3 heteroatoms. The highest BCUT2D eigenvalue weighted by atomic mass is 16.3. The number of hydrogen-bond acceptors (Lipinski definition) is 3. The number of phenols is 1. The third-order valence-corrected chi connectivity index (χ3v) is 4.81. The Morgan fingerprint density at radius 2 is 1.03 bits per heavy atom. The van der Waals surface area contributed by atoms with E-state index in [4.69, 9.17) is 0 Å². The van der Waals surface area contributed by atoms with E-state index in [9.17, 15) is 14.7 Å². The first-order chi connectivity index (χ1) is 14.1. The molecule has 0 aromatic heterocycles. The minimum atomic E-state index is -0.235. The Bertz CT molecular complexity index is 1160. The second-order valence-electron chi connectivity index (χ2n) is 6.67. The molecular weight excluding hydrogens is 360 g/mol. The van der Waals surface area contributed by atoms with Crippen molar-refractivity contribution in [1.82, 2.24) is 0 Å². The fraction of sp³-hybridized carbons (Fsp3) is 0. The van der Waals surface area contributed by atoms with Crippen LogP contribution in [0.25, 0.3) is 11.1 Å². The van der Waals surface area contributed by atoms with Crippen molar-refractivity contribution < 1.29 is 14.7 Å². The summed E-state index contributed by atoms with van der Waals surface area (Å²) in [5, 5.41) is 10.7. The predicted octanol–water partition coefficient (Wildman–Crippen LogP) is 5.52. The Kier molecular flexibility index (Phi) is 5.04. The van der Waals surface area contributed by atoms with E-state index in [-0.39, 0.29) is 22.9 Å². The van der Waals surface area contributed by atoms with Gasteiger partial charge in [-0.05, 0) is 11.6 Å². The third kappa shape index (κ3) is 3.71. The summed E-state index contributed by atoms with van der Waals surface area (Å²) in [5.74, 6) is -0.362. The summed E-state index contributed by atoms with van der Waals surface area (Å²) in [4.78, 5) is 25.3. The molecule has 0 heterocycles. The maximum atomic E-state index is 12.7. The zero-order chi connectivity index (χ0) is 20.2. The average Bonchev–Trinajstić information content (AvgIpc) is 2.80. The zero-order valence-electron chi connectivity index (χ0n) is 15.6. The van der Waals surface area contributed by atoms with E-state index in [0.717, 1.165) is 5.56 Å². The number of carbonyl (C=O) groups excluding carboxylic acids is 2. The van der Waals surface area contributed by atoms with Gasteiger partial charge in [0.2, 0.25) is 0 Å². The molecule has 4 rings (SSSR count). The van der Waals surface area contributed by atoms with Crippen molar-refractivity contribution in [3.05, 3.63) is 125 Å². The van der Waals surface area contributed by atoms with E-state index >= 15 is 0 Å². The molecule has 0 saturated carbocycles. The Morgan fingerprint density at radius 3 is 1.62 bits per heavy atom. The average molecular weight is 378 g/mol. The summed E-state index contributed by atoms with van der Waals surface area (Å²) in [5.41, 5.74) is 3.23. The van der Waals surface area contributed by atoms with Crippen molar-refractivity contribution in [3.8, 4) is 16.9 Å². The molecule has 0 saturated heterocycles. The number of ketones is 2. The van der Waals surface area contributed by atoms with Gasteiger partial charge in [-0.25, -0.2) is 0 Å². The van der Waals surface area contributed by atoms with Crippen LogP contribution in [0.3, 0.4) is 0 Å². The number of hydrogen-bond donors (Lipinski definition) is 1. The fourth-order valence-electron chi connectivity index (χ4n) is 3.26. The predicted molar refractivity (Wildman–Crippen MR) is 113 cm³/mol. The molecule has 0 bridgehead atoms. The smallest absolute Gasteiger partial charge is 0.196 e. The van der Waals surface area contributed by atoms with Gasteiger partial charge in [0.15, 0.2) is 11.6 Å². The van der Waals surface area contributed by atoms with E-state index in [1.165, 1.54) is 0 Å². The first-order valence-electron chi connectivity index (χ1n) is 9.27. The van der Waals surface area contributed by atoms with Crippen LogP contribution in [0.15, 0.2) is 103 Å². The molecule has 3 nitrogen and oxygen atoms in total. The Morgan fingerprint density at radius 1 is 0.517 bits per heavy atom. The molecule has 1 N–H and O–H groups in total. The number of para-hydroxylation sites is 1. The van der Waals surface area contributed by atoms with Crippen molar-refractivity contribution in [2.24, 2.45) is 0 Å². The topological polar surface area (TPSA) is 54.4 Å². The standard InChI is InChI=1S/C26H18O3/c27-24(19-8-3-1-4-9-19)21-16-14-18(15-17-21)22-12-7-13-23(26(22)29)25(28)20-10-5-2-6-11-20/h1-17,29H. The van der Waals surface area contributed by atoms with Crippen LogP contribution in [0.2, 0.25) is 0 Å². The van der Waals surface area contributed by atoms with Gasteiger partial charge in [-0.1, -0.05) is 97.1 Å². The van der Waals surface area contributed by atoms with Crippen LogP contribution in [0, 0.1) is 0 Å². The van der Waals surface area contributed by atoms with Gasteiger partial charge in [0.25, 0.3) is 0 Å². The van der Waals surface area contributed by atoms with E-state index in [1.54, 1.807) is 78.9 Å². The molecule has 4 aromatic rings. The molecule has 0 aliphatic heterocycles. The lowest BCUT2D eigenvalue weighted by molar-refractivity contribution is 0.102. The van der Waals surface area contributed by atoms with Crippen LogP contribution < -0.4 is 0 Å². The highest BCUT2D eigenvalue weighted by Crippen LogP contribution is 2.33. The molecule has 0 spiro atoms. The molecule has 0 amide bonds. The second-order valence-corrected chi connectivity index (χ2v) is 6.67. The summed E-state index contributed by atoms with van der Waals surface area (Å²) >= 11 is 0. The fourth-order valence-corrected chi connectivity index (χ4v) is 3.26. The minimum absolute atomic E-state index is 0.0608. The number of benzene rings is 4. The van der Waals surface area contributed by atoms with Gasteiger partial charge in [-0.3, -0.25) is 9.59 Å². The van der Waals surface area contributed by atoms with Crippen LogP contribution in [0.4, 0.5) is 0 Å². The maximum absolute atomic E-state index is 12.7. The Labute approximate surface area is 168 Å². The van der Waals surface area contributed by atoms with Gasteiger partial charge in [0.1, 0.15) is 5.75 Å². The maximum Gasteiger partial charge on any atom is 0.196 e. The number of aromatic hydroxyl groups is 1. The van der Waals surface area contributed by atoms with Crippen LogP contribution in [0.1, 0.15) is 31.8 Å². The van der Waals surface area contributed by atoms with E-state index in [2.05, 4.69) is 0 Å². The minimum Gasteiger partial charge on any atom is -0.507 e. The van der Waals surface area contributed by atoms with Crippen molar-refractivity contribution in [1.29, 1.82) is 0 Å². The molecule has 0 aliphatic rings. The molecule has 0 fully saturated rings. The molecule has 0 radical (unpaired) electrons. The van der Waals surface area contributed by atoms with Crippen molar-refractivity contribution in [2.75, 3.05) is 0 Å². The van der Waals surface area contributed by atoms with Gasteiger partial charge in [0, 0.05) is 22.3 Å². The molecule has 4 aromatic carbocycles. The van der Waals surface area contributed by atoms with E-state index in [0.29, 0.717) is 22.3 Å². The lowest BCUT2D eigenvalue weighted by atomic mass is 9.95. The zero-order valence-corrected chi connectivity index (χ0v) is 15.6. The number of rotatable bonds is 5. The summed E-state index contributed by atoms with van der Waals surface area (Å²) in [6.07, 6.45) is 0. The Balaban J connectivity index is 1.66. The summed E-state index contributed by atoms with van der Waals surface area (Å²) < 4.78 is 0. The van der Waals surface area contributed by atoms with Crippen molar-refractivity contribution in [3.63, 3.8) is 0 Å². The number of carbonyl (C=O) groups is 2. The van der Waals surface area contributed by atoms with Gasteiger partial charge >= 0.3 is 0 Å². The molecule has 0 unspecified atom stereocenters. The van der Waals surface area contributed by atoms with Gasteiger partial charge in [-0.2, -0.15) is 0 Å². The van der Waals surface area contributed by atoms with Crippen molar-refractivity contribution in [2.45, 2.75) is 0 Å². The molecule has 29 heavy (non-hydrogen) atoms. The van der Waals surface area contributed by atoms with E-state index in [1.807, 2.05) is 24.3 Å². The van der Waals surface area contributed by atoms with Crippen LogP contribution in [-0.4, -0.2) is 16.7 Å². The van der Waals surface area contributed by atoms with Crippen molar-refractivity contribution >= 4 is 11.6 Å². The molecule has 0 atom stereocenters. The summed E-state index contributed by atoms with van der Waals surface area (Å²) in [7, 11) is 0. The van der Waals surface area contributed by atoms with Crippen LogP contribution >= 0.6 is 0 Å². The molecule has 140 valence electrons. The summed E-state index contributed by atoms with van der Waals surface area (Å²) in [6, 6.07) is 30.1. The summed E-state index contributed by atoms with van der Waals surface area (Å²) in [6.45, 7) is 0. The lowest BCUT2D eigenvalue weighted by Crippen LogP contribution is -2.02. The SMILES string of the molecule is O=C(c1ccccc1)c1ccc(-c2cccc(C(=O)c3ccccc3)c2O)cc1.